The predicted molar refractivity (Wildman–Crippen MR) is 113 cm³/mol. The van der Waals surface area contributed by atoms with Crippen LogP contribution in [0.1, 0.15) is 16.7 Å². The number of rotatable bonds is 5. The molecular formula is C22H23F3N2OS. The fourth-order valence-electron chi connectivity index (χ4n) is 3.24. The molecule has 7 heteroatoms. The molecule has 0 unspecified atom stereocenters. The highest BCUT2D eigenvalue weighted by atomic mass is 32.2. The van der Waals surface area contributed by atoms with Crippen molar-refractivity contribution in [2.45, 2.75) is 19.6 Å². The Morgan fingerprint density at radius 1 is 1.10 bits per heavy atom. The van der Waals surface area contributed by atoms with Crippen molar-refractivity contribution in [1.82, 2.24) is 4.90 Å². The lowest BCUT2D eigenvalue weighted by molar-refractivity contribution is -0.112. The molecule has 3 rings (SSSR count). The highest BCUT2D eigenvalue weighted by Gasteiger charge is 2.35. The standard InChI is InChI=1S/C22H23F3N2OS/c1-16-18(15-27-10-12-29-13-11-27)8-5-9-20(16)26-21(28)14-19(22(23,24)25)17-6-3-2-4-7-17/h2-9,14H,10-13,15H2,1H3,(H,26,28)/b19-14-. The average Bonchev–Trinajstić information content (AvgIpc) is 2.70. The number of allylic oxidation sites excluding steroid dienone is 1. The molecule has 1 aliphatic heterocycles. The second-order valence-electron chi connectivity index (χ2n) is 6.89. The topological polar surface area (TPSA) is 32.3 Å². The number of nitrogens with zero attached hydrogens (tertiary/aromatic N) is 1. The Balaban J connectivity index is 1.79. The first-order chi connectivity index (χ1) is 13.8. The molecule has 1 heterocycles. The molecule has 0 aliphatic carbocycles. The van der Waals surface area contributed by atoms with Crippen molar-refractivity contribution in [3.8, 4) is 0 Å². The summed E-state index contributed by atoms with van der Waals surface area (Å²) in [5, 5.41) is 2.62. The molecule has 1 saturated heterocycles. The van der Waals surface area contributed by atoms with Crippen LogP contribution in [0.2, 0.25) is 0 Å². The molecule has 1 amide bonds. The zero-order chi connectivity index (χ0) is 20.9. The van der Waals surface area contributed by atoms with Crippen LogP contribution in [0.15, 0.2) is 54.6 Å². The normalized spacial score (nSPS) is 15.9. The summed E-state index contributed by atoms with van der Waals surface area (Å²) in [5.74, 6) is 1.40. The van der Waals surface area contributed by atoms with Gasteiger partial charge in [-0.1, -0.05) is 42.5 Å². The Hall–Kier alpha value is -2.25. The highest BCUT2D eigenvalue weighted by molar-refractivity contribution is 7.99. The van der Waals surface area contributed by atoms with Crippen molar-refractivity contribution < 1.29 is 18.0 Å². The molecule has 1 aliphatic rings. The quantitative estimate of drug-likeness (QED) is 0.681. The zero-order valence-electron chi connectivity index (χ0n) is 16.1. The van der Waals surface area contributed by atoms with E-state index in [4.69, 9.17) is 0 Å². The summed E-state index contributed by atoms with van der Waals surface area (Å²) in [5.41, 5.74) is 1.47. The molecule has 1 fully saturated rings. The van der Waals surface area contributed by atoms with Gasteiger partial charge in [0.15, 0.2) is 0 Å². The van der Waals surface area contributed by atoms with Crippen LogP contribution < -0.4 is 5.32 Å². The maximum absolute atomic E-state index is 13.5. The number of halogens is 3. The Morgan fingerprint density at radius 2 is 1.79 bits per heavy atom. The van der Waals surface area contributed by atoms with Gasteiger partial charge in [0.2, 0.25) is 5.91 Å². The third-order valence-corrected chi connectivity index (χ3v) is 5.81. The molecule has 0 aromatic heterocycles. The second-order valence-corrected chi connectivity index (χ2v) is 8.11. The maximum Gasteiger partial charge on any atom is 0.417 e. The van der Waals surface area contributed by atoms with E-state index in [0.717, 1.165) is 42.3 Å². The monoisotopic (exact) mass is 420 g/mol. The number of amides is 1. The van der Waals surface area contributed by atoms with E-state index in [9.17, 15) is 18.0 Å². The van der Waals surface area contributed by atoms with Gasteiger partial charge in [-0.05, 0) is 29.7 Å². The van der Waals surface area contributed by atoms with Gasteiger partial charge in [0.05, 0.1) is 5.57 Å². The molecule has 0 saturated carbocycles. The van der Waals surface area contributed by atoms with Gasteiger partial charge in [-0.15, -0.1) is 0 Å². The number of carbonyl (C=O) groups is 1. The number of alkyl halides is 3. The van der Waals surface area contributed by atoms with Gasteiger partial charge in [-0.3, -0.25) is 9.69 Å². The number of thioether (sulfide) groups is 1. The van der Waals surface area contributed by atoms with E-state index in [1.165, 1.54) is 24.3 Å². The van der Waals surface area contributed by atoms with E-state index < -0.39 is 17.7 Å². The lowest BCUT2D eigenvalue weighted by Crippen LogP contribution is -2.32. The van der Waals surface area contributed by atoms with Crippen molar-refractivity contribution in [3.05, 3.63) is 71.3 Å². The van der Waals surface area contributed by atoms with E-state index in [-0.39, 0.29) is 5.56 Å². The van der Waals surface area contributed by atoms with Gasteiger partial charge in [0.25, 0.3) is 0 Å². The van der Waals surface area contributed by atoms with Gasteiger partial charge >= 0.3 is 6.18 Å². The van der Waals surface area contributed by atoms with Crippen LogP contribution in [0, 0.1) is 6.92 Å². The number of anilines is 1. The Kier molecular flexibility index (Phi) is 7.03. The first-order valence-corrected chi connectivity index (χ1v) is 10.5. The summed E-state index contributed by atoms with van der Waals surface area (Å²) in [4.78, 5) is 14.7. The molecule has 3 nitrogen and oxygen atoms in total. The molecule has 1 N–H and O–H groups in total. The SMILES string of the molecule is Cc1c(CN2CCSCC2)cccc1NC(=O)/C=C(/c1ccccc1)C(F)(F)F. The second kappa shape index (κ2) is 9.50. The molecule has 0 radical (unpaired) electrons. The minimum absolute atomic E-state index is 0.0383. The summed E-state index contributed by atoms with van der Waals surface area (Å²) in [6, 6.07) is 12.9. The molecule has 2 aromatic rings. The van der Waals surface area contributed by atoms with Crippen LogP contribution in [0.25, 0.3) is 5.57 Å². The molecule has 0 spiro atoms. The summed E-state index contributed by atoms with van der Waals surface area (Å²) >= 11 is 1.93. The summed E-state index contributed by atoms with van der Waals surface area (Å²) in [6.45, 7) is 4.67. The van der Waals surface area contributed by atoms with Gasteiger partial charge in [-0.25, -0.2) is 0 Å². The Bertz CT molecular complexity index is 875. The number of nitrogens with one attached hydrogen (secondary N) is 1. The smallest absolute Gasteiger partial charge is 0.322 e. The van der Waals surface area contributed by atoms with E-state index >= 15 is 0 Å². The molecule has 2 aromatic carbocycles. The maximum atomic E-state index is 13.5. The van der Waals surface area contributed by atoms with Gasteiger partial charge in [0.1, 0.15) is 0 Å². The highest BCUT2D eigenvalue weighted by Crippen LogP contribution is 2.33. The summed E-state index contributed by atoms with van der Waals surface area (Å²) < 4.78 is 40.4. The zero-order valence-corrected chi connectivity index (χ0v) is 16.9. The van der Waals surface area contributed by atoms with Crippen LogP contribution in [0.5, 0.6) is 0 Å². The largest absolute Gasteiger partial charge is 0.417 e. The van der Waals surface area contributed by atoms with Crippen molar-refractivity contribution in [2.24, 2.45) is 0 Å². The van der Waals surface area contributed by atoms with Gasteiger partial charge in [0, 0.05) is 42.9 Å². The average molecular weight is 421 g/mol. The number of hydrogen-bond donors (Lipinski definition) is 1. The number of carbonyl (C=O) groups excluding carboxylic acids is 1. The van der Waals surface area contributed by atoms with Crippen LogP contribution in [-0.2, 0) is 11.3 Å². The van der Waals surface area contributed by atoms with Crippen molar-refractivity contribution in [1.29, 1.82) is 0 Å². The number of benzene rings is 2. The van der Waals surface area contributed by atoms with E-state index in [1.807, 2.05) is 30.8 Å². The van der Waals surface area contributed by atoms with Crippen molar-refractivity contribution in [2.75, 3.05) is 29.9 Å². The summed E-state index contributed by atoms with van der Waals surface area (Å²) in [7, 11) is 0. The predicted octanol–water partition coefficient (Wildman–Crippen LogP) is 5.13. The first kappa shape index (κ1) is 21.5. The van der Waals surface area contributed by atoms with Crippen LogP contribution in [0.4, 0.5) is 18.9 Å². The lowest BCUT2D eigenvalue weighted by atomic mass is 10.0. The number of hydrogen-bond acceptors (Lipinski definition) is 3. The molecule has 29 heavy (non-hydrogen) atoms. The third kappa shape index (κ3) is 5.87. The van der Waals surface area contributed by atoms with E-state index in [2.05, 4.69) is 10.2 Å². The van der Waals surface area contributed by atoms with Crippen molar-refractivity contribution in [3.63, 3.8) is 0 Å². The molecule has 0 atom stereocenters. The lowest BCUT2D eigenvalue weighted by Gasteiger charge is -2.27. The van der Waals surface area contributed by atoms with Crippen LogP contribution >= 0.6 is 11.8 Å². The van der Waals surface area contributed by atoms with Gasteiger partial charge in [-0.2, -0.15) is 24.9 Å². The van der Waals surface area contributed by atoms with E-state index in [0.29, 0.717) is 11.8 Å². The summed E-state index contributed by atoms with van der Waals surface area (Å²) in [6.07, 6.45) is -3.99. The molecule has 0 bridgehead atoms. The fourth-order valence-corrected chi connectivity index (χ4v) is 4.22. The van der Waals surface area contributed by atoms with Crippen LogP contribution in [0.3, 0.4) is 0 Å². The Labute approximate surface area is 173 Å². The van der Waals surface area contributed by atoms with E-state index in [1.54, 1.807) is 12.1 Å². The minimum Gasteiger partial charge on any atom is -0.322 e. The third-order valence-electron chi connectivity index (χ3n) is 4.87. The first-order valence-electron chi connectivity index (χ1n) is 9.38. The Morgan fingerprint density at radius 3 is 2.45 bits per heavy atom. The van der Waals surface area contributed by atoms with Crippen molar-refractivity contribution >= 4 is 28.9 Å². The molecule has 154 valence electrons. The minimum atomic E-state index is -4.62. The molecular weight excluding hydrogens is 397 g/mol. The van der Waals surface area contributed by atoms with Crippen LogP contribution in [-0.4, -0.2) is 41.6 Å². The fraction of sp³-hybridized carbons (Fsp3) is 0.318. The van der Waals surface area contributed by atoms with Gasteiger partial charge < -0.3 is 5.32 Å².